The SMILES string of the molecule is COC(=O)[C@H](Cc1ccccc1)NC(=O)NCc1cccc(-c2cccc([C@H]3O[C@@H](CN4CCC[C@H]4CN4CCCC4)C[C@@H](c4ccc(CO)cc4)O3)c2)c1. The van der Waals surface area contributed by atoms with Crippen molar-refractivity contribution in [2.45, 2.75) is 82.3 Å². The van der Waals surface area contributed by atoms with Crippen molar-refractivity contribution in [2.24, 2.45) is 0 Å². The van der Waals surface area contributed by atoms with Gasteiger partial charge in [-0.1, -0.05) is 91.0 Å². The maximum absolute atomic E-state index is 12.9. The van der Waals surface area contributed by atoms with Crippen LogP contribution in [0.25, 0.3) is 11.1 Å². The summed E-state index contributed by atoms with van der Waals surface area (Å²) in [5.74, 6) is -0.498. The first kappa shape index (κ1) is 38.7. The largest absolute Gasteiger partial charge is 0.467 e. The fourth-order valence-electron chi connectivity index (χ4n) is 8.20. The van der Waals surface area contributed by atoms with Gasteiger partial charge in [-0.25, -0.2) is 9.59 Å². The predicted molar refractivity (Wildman–Crippen MR) is 212 cm³/mol. The van der Waals surface area contributed by atoms with Crippen LogP contribution in [-0.2, 0) is 38.6 Å². The average Bonchev–Trinajstić information content (AvgIpc) is 3.92. The zero-order chi connectivity index (χ0) is 38.0. The number of amides is 2. The third kappa shape index (κ3) is 10.4. The zero-order valence-electron chi connectivity index (χ0n) is 31.8. The number of likely N-dealkylation sites (tertiary alicyclic amines) is 2. The smallest absolute Gasteiger partial charge is 0.328 e. The Morgan fingerprint density at radius 2 is 1.55 bits per heavy atom. The molecule has 0 radical (unpaired) electrons. The van der Waals surface area contributed by atoms with E-state index < -0.39 is 24.3 Å². The van der Waals surface area contributed by atoms with Gasteiger partial charge in [-0.15, -0.1) is 0 Å². The van der Waals surface area contributed by atoms with Crippen LogP contribution in [0.5, 0.6) is 0 Å². The number of hydrogen-bond acceptors (Lipinski definition) is 8. The number of nitrogens with zero attached hydrogens (tertiary/aromatic N) is 2. The summed E-state index contributed by atoms with van der Waals surface area (Å²) in [6.07, 6.45) is 5.46. The first-order valence-corrected chi connectivity index (χ1v) is 19.8. The minimum atomic E-state index is -0.809. The number of benzene rings is 4. The van der Waals surface area contributed by atoms with Gasteiger partial charge < -0.3 is 34.9 Å². The second-order valence-electron chi connectivity index (χ2n) is 15.1. The molecular weight excluding hydrogens is 693 g/mol. The molecule has 7 rings (SSSR count). The number of esters is 1. The van der Waals surface area contributed by atoms with Crippen molar-refractivity contribution in [3.8, 4) is 11.1 Å². The highest BCUT2D eigenvalue weighted by atomic mass is 16.7. The quantitative estimate of drug-likeness (QED) is 0.125. The molecular formula is C45H54N4O6. The zero-order valence-corrected chi connectivity index (χ0v) is 31.8. The summed E-state index contributed by atoms with van der Waals surface area (Å²) in [5, 5.41) is 15.3. The minimum absolute atomic E-state index is 0.00359. The van der Waals surface area contributed by atoms with Crippen LogP contribution in [0.1, 0.15) is 72.3 Å². The molecule has 4 aromatic rings. The summed E-state index contributed by atoms with van der Waals surface area (Å²) in [5.41, 5.74) is 6.77. The molecule has 3 aliphatic heterocycles. The van der Waals surface area contributed by atoms with Crippen LogP contribution in [0, 0.1) is 0 Å². The van der Waals surface area contributed by atoms with E-state index in [-0.39, 0.29) is 25.4 Å². The normalized spacial score (nSPS) is 22.3. The summed E-state index contributed by atoms with van der Waals surface area (Å²) in [7, 11) is 1.32. The van der Waals surface area contributed by atoms with Crippen molar-refractivity contribution in [3.05, 3.63) is 131 Å². The van der Waals surface area contributed by atoms with E-state index in [1.165, 1.54) is 45.9 Å². The van der Waals surface area contributed by atoms with E-state index in [0.717, 1.165) is 65.0 Å². The molecule has 3 heterocycles. The number of aliphatic hydroxyl groups is 1. The Labute approximate surface area is 324 Å². The molecule has 0 unspecified atom stereocenters. The number of urea groups is 1. The molecule has 55 heavy (non-hydrogen) atoms. The summed E-state index contributed by atoms with van der Waals surface area (Å²) in [4.78, 5) is 30.7. The molecule has 0 bridgehead atoms. The number of carbonyl (C=O) groups is 2. The average molecular weight is 747 g/mol. The monoisotopic (exact) mass is 746 g/mol. The summed E-state index contributed by atoms with van der Waals surface area (Å²) in [6, 6.07) is 33.3. The first-order chi connectivity index (χ1) is 26.9. The van der Waals surface area contributed by atoms with Gasteiger partial charge in [0.25, 0.3) is 0 Å². The lowest BCUT2D eigenvalue weighted by molar-refractivity contribution is -0.253. The third-order valence-electron chi connectivity index (χ3n) is 11.2. The van der Waals surface area contributed by atoms with Crippen LogP contribution in [0.2, 0.25) is 0 Å². The van der Waals surface area contributed by atoms with E-state index in [4.69, 9.17) is 14.2 Å². The van der Waals surface area contributed by atoms with E-state index in [1.54, 1.807) is 0 Å². The van der Waals surface area contributed by atoms with Crippen LogP contribution >= 0.6 is 0 Å². The second kappa shape index (κ2) is 18.8. The molecule has 0 aliphatic carbocycles. The molecule has 0 aromatic heterocycles. The minimum Gasteiger partial charge on any atom is -0.467 e. The van der Waals surface area contributed by atoms with Crippen molar-refractivity contribution in [2.75, 3.05) is 39.8 Å². The Bertz CT molecular complexity index is 1850. The van der Waals surface area contributed by atoms with Crippen molar-refractivity contribution < 1.29 is 28.9 Å². The lowest BCUT2D eigenvalue weighted by Gasteiger charge is -2.39. The molecule has 3 aliphatic rings. The number of aliphatic hydroxyl groups excluding tert-OH is 1. The Morgan fingerprint density at radius 1 is 0.800 bits per heavy atom. The molecule has 10 heteroatoms. The van der Waals surface area contributed by atoms with Crippen LogP contribution in [-0.4, -0.2) is 84.9 Å². The highest BCUT2D eigenvalue weighted by Gasteiger charge is 2.36. The van der Waals surface area contributed by atoms with E-state index in [1.807, 2.05) is 60.7 Å². The fraction of sp³-hybridized carbons (Fsp3) is 0.422. The molecule has 2 amide bonds. The van der Waals surface area contributed by atoms with Crippen LogP contribution < -0.4 is 10.6 Å². The van der Waals surface area contributed by atoms with Gasteiger partial charge >= 0.3 is 12.0 Å². The topological polar surface area (TPSA) is 113 Å². The maximum Gasteiger partial charge on any atom is 0.328 e. The molecule has 290 valence electrons. The maximum atomic E-state index is 12.9. The molecule has 3 N–H and O–H groups in total. The van der Waals surface area contributed by atoms with Crippen LogP contribution in [0.15, 0.2) is 103 Å². The summed E-state index contributed by atoms with van der Waals surface area (Å²) < 4.78 is 18.5. The van der Waals surface area contributed by atoms with Gasteiger partial charge in [0, 0.05) is 44.1 Å². The predicted octanol–water partition coefficient (Wildman–Crippen LogP) is 6.54. The number of hydrogen-bond donors (Lipinski definition) is 3. The Hall–Kier alpha value is -4.58. The van der Waals surface area contributed by atoms with Crippen molar-refractivity contribution in [1.82, 2.24) is 20.4 Å². The molecule has 3 saturated heterocycles. The van der Waals surface area contributed by atoms with Crippen LogP contribution in [0.4, 0.5) is 4.79 Å². The van der Waals surface area contributed by atoms with Gasteiger partial charge in [-0.05, 0) is 90.8 Å². The van der Waals surface area contributed by atoms with Gasteiger partial charge in [0.1, 0.15) is 6.04 Å². The number of carbonyl (C=O) groups excluding carboxylic acids is 2. The van der Waals surface area contributed by atoms with Gasteiger partial charge in [0.15, 0.2) is 6.29 Å². The fourth-order valence-corrected chi connectivity index (χ4v) is 8.20. The van der Waals surface area contributed by atoms with Gasteiger partial charge in [0.2, 0.25) is 0 Å². The lowest BCUT2D eigenvalue weighted by atomic mass is 9.98. The molecule has 5 atom stereocenters. The molecule has 4 aromatic carbocycles. The second-order valence-corrected chi connectivity index (χ2v) is 15.1. The molecule has 3 fully saturated rings. The first-order valence-electron chi connectivity index (χ1n) is 19.8. The van der Waals surface area contributed by atoms with Crippen LogP contribution in [0.3, 0.4) is 0 Å². The van der Waals surface area contributed by atoms with Gasteiger partial charge in [-0.3, -0.25) is 4.90 Å². The molecule has 0 saturated carbocycles. The summed E-state index contributed by atoms with van der Waals surface area (Å²) >= 11 is 0. The van der Waals surface area contributed by atoms with E-state index in [2.05, 4.69) is 62.9 Å². The molecule has 0 spiro atoms. The summed E-state index contributed by atoms with van der Waals surface area (Å²) in [6.45, 7) is 5.83. The number of nitrogens with one attached hydrogen (secondary N) is 2. The van der Waals surface area contributed by atoms with Crippen molar-refractivity contribution in [3.63, 3.8) is 0 Å². The third-order valence-corrected chi connectivity index (χ3v) is 11.2. The number of rotatable bonds is 14. The number of ether oxygens (including phenoxy) is 3. The van der Waals surface area contributed by atoms with E-state index in [0.29, 0.717) is 12.5 Å². The molecule has 10 nitrogen and oxygen atoms in total. The Kier molecular flexibility index (Phi) is 13.3. The van der Waals surface area contributed by atoms with Gasteiger partial charge in [0.05, 0.1) is 25.9 Å². The van der Waals surface area contributed by atoms with E-state index in [9.17, 15) is 14.7 Å². The number of methoxy groups -OCH3 is 1. The highest BCUT2D eigenvalue weighted by molar-refractivity contribution is 5.83. The lowest BCUT2D eigenvalue weighted by Crippen LogP contribution is -2.47. The van der Waals surface area contributed by atoms with Gasteiger partial charge in [-0.2, -0.15) is 0 Å². The van der Waals surface area contributed by atoms with Crippen molar-refractivity contribution in [1.29, 1.82) is 0 Å². The Balaban J connectivity index is 1.03. The Morgan fingerprint density at radius 3 is 2.31 bits per heavy atom. The van der Waals surface area contributed by atoms with E-state index >= 15 is 0 Å². The standard InChI is InChI=1S/C45H54N4O6/c1-53-43(51)41(25-32-10-3-2-4-11-32)47-45(52)46-28-34-12-7-13-36(24-34)37-14-8-15-38(26-37)44-54-40(27-42(55-44)35-19-17-33(31-50)18-20-35)30-49-23-9-16-39(49)29-48-21-5-6-22-48/h2-4,7-8,10-15,17-20,24,26,39-42,44,50H,5-6,9,16,21-23,25,27-31H2,1H3,(H2,46,47,52)/t39-,40+,41-,42-,44-/m0/s1. The highest BCUT2D eigenvalue weighted by Crippen LogP contribution is 2.39. The van der Waals surface area contributed by atoms with Crippen molar-refractivity contribution >= 4 is 12.0 Å².